The molecule has 0 aliphatic carbocycles. The lowest BCUT2D eigenvalue weighted by Gasteiger charge is -2.23. The molecule has 2 atom stereocenters. The molecule has 154 valence electrons. The Morgan fingerprint density at radius 1 is 1.25 bits per heavy atom. The second kappa shape index (κ2) is 10.5. The third kappa shape index (κ3) is 5.28. The van der Waals surface area contributed by atoms with Crippen LogP contribution >= 0.6 is 11.8 Å². The fourth-order valence-electron chi connectivity index (χ4n) is 3.55. The topological polar surface area (TPSA) is 86.7 Å². The summed E-state index contributed by atoms with van der Waals surface area (Å²) in [5.74, 6) is -0.407. The van der Waals surface area contributed by atoms with Crippen molar-refractivity contribution >= 4 is 35.2 Å². The fraction of sp³-hybridized carbons (Fsp3) is 0.571. The zero-order valence-corrected chi connectivity index (χ0v) is 17.7. The lowest BCUT2D eigenvalue weighted by Crippen LogP contribution is -2.44. The molecule has 1 aromatic rings. The van der Waals surface area contributed by atoms with Crippen LogP contribution in [0.25, 0.3) is 0 Å². The van der Waals surface area contributed by atoms with Crippen molar-refractivity contribution in [1.82, 2.24) is 5.32 Å². The summed E-state index contributed by atoms with van der Waals surface area (Å²) in [5, 5.41) is 12.0. The molecule has 0 aromatic heterocycles. The third-order valence-corrected chi connectivity index (χ3v) is 6.03. The minimum Gasteiger partial charge on any atom is -0.480 e. The van der Waals surface area contributed by atoms with E-state index in [1.165, 1.54) is 0 Å². The number of aryl methyl sites for hydroxylation is 2. The maximum absolute atomic E-state index is 12.7. The molecule has 2 N–H and O–H groups in total. The molecule has 1 aliphatic heterocycles. The van der Waals surface area contributed by atoms with E-state index in [4.69, 9.17) is 0 Å². The average Bonchev–Trinajstić information content (AvgIpc) is 3.07. The van der Waals surface area contributed by atoms with E-state index in [0.29, 0.717) is 18.7 Å². The van der Waals surface area contributed by atoms with Gasteiger partial charge in [0, 0.05) is 18.7 Å². The first kappa shape index (κ1) is 22.3. The standard InChI is InChI=1S/C21H30N2O4S/c1-4-14-8-7-9-15(5-2)19(14)23-13-16(12-18(23)24)20(25)22-17(21(26)27)10-11-28-6-3/h7-9,16-17H,4-6,10-13H2,1-3H3,(H,22,25)(H,26,27). The SMILES string of the molecule is CCSCCC(NC(=O)C1CC(=O)N(c2c(CC)cccc2CC)C1)C(=O)O. The lowest BCUT2D eigenvalue weighted by molar-refractivity contribution is -0.142. The number of carbonyl (C=O) groups is 3. The van der Waals surface area contributed by atoms with Gasteiger partial charge >= 0.3 is 5.97 Å². The zero-order chi connectivity index (χ0) is 20.7. The molecule has 0 radical (unpaired) electrons. The number of benzene rings is 1. The van der Waals surface area contributed by atoms with Crippen LogP contribution in [0, 0.1) is 5.92 Å². The number of rotatable bonds is 10. The molecule has 2 rings (SSSR count). The highest BCUT2D eigenvalue weighted by Crippen LogP contribution is 2.32. The van der Waals surface area contributed by atoms with Gasteiger partial charge in [-0.1, -0.05) is 39.0 Å². The van der Waals surface area contributed by atoms with E-state index < -0.39 is 17.9 Å². The predicted octanol–water partition coefficient (Wildman–Crippen LogP) is 2.88. The van der Waals surface area contributed by atoms with Gasteiger partial charge in [-0.05, 0) is 41.9 Å². The summed E-state index contributed by atoms with van der Waals surface area (Å²) >= 11 is 1.64. The molecular formula is C21H30N2O4S. The van der Waals surface area contributed by atoms with E-state index in [9.17, 15) is 19.5 Å². The average molecular weight is 407 g/mol. The van der Waals surface area contributed by atoms with Crippen molar-refractivity contribution in [2.75, 3.05) is 23.0 Å². The van der Waals surface area contributed by atoms with E-state index in [-0.39, 0.29) is 18.2 Å². The number of carboxylic acid groups (broad SMARTS) is 1. The van der Waals surface area contributed by atoms with E-state index in [1.54, 1.807) is 16.7 Å². The highest BCUT2D eigenvalue weighted by Gasteiger charge is 2.37. The third-order valence-electron chi connectivity index (χ3n) is 5.10. The summed E-state index contributed by atoms with van der Waals surface area (Å²) in [6.45, 7) is 6.41. The number of amides is 2. The van der Waals surface area contributed by atoms with Crippen LogP contribution in [-0.4, -0.2) is 47.0 Å². The molecule has 28 heavy (non-hydrogen) atoms. The van der Waals surface area contributed by atoms with Crippen molar-refractivity contribution in [3.05, 3.63) is 29.3 Å². The van der Waals surface area contributed by atoms with E-state index >= 15 is 0 Å². The Bertz CT molecular complexity index is 700. The maximum Gasteiger partial charge on any atom is 0.326 e. The number of carbonyl (C=O) groups excluding carboxylic acids is 2. The van der Waals surface area contributed by atoms with Gasteiger partial charge in [-0.15, -0.1) is 0 Å². The Labute approximate surface area is 171 Å². The second-order valence-corrected chi connectivity index (χ2v) is 8.32. The van der Waals surface area contributed by atoms with Crippen molar-refractivity contribution in [3.63, 3.8) is 0 Å². The number of para-hydroxylation sites is 1. The van der Waals surface area contributed by atoms with Gasteiger partial charge in [0.2, 0.25) is 11.8 Å². The number of thioether (sulfide) groups is 1. The van der Waals surface area contributed by atoms with Crippen LogP contribution in [0.4, 0.5) is 5.69 Å². The highest BCUT2D eigenvalue weighted by molar-refractivity contribution is 7.99. The van der Waals surface area contributed by atoms with Crippen LogP contribution in [0.3, 0.4) is 0 Å². The van der Waals surface area contributed by atoms with Crippen LogP contribution in [0.15, 0.2) is 18.2 Å². The van der Waals surface area contributed by atoms with Gasteiger partial charge in [0.25, 0.3) is 0 Å². The number of hydrogen-bond donors (Lipinski definition) is 2. The van der Waals surface area contributed by atoms with Gasteiger partial charge in [-0.25, -0.2) is 4.79 Å². The molecule has 0 bridgehead atoms. The van der Waals surface area contributed by atoms with Crippen LogP contribution in [0.5, 0.6) is 0 Å². The molecule has 0 spiro atoms. The molecule has 0 saturated carbocycles. The molecular weight excluding hydrogens is 376 g/mol. The van der Waals surface area contributed by atoms with Gasteiger partial charge in [-0.2, -0.15) is 11.8 Å². The molecule has 1 fully saturated rings. The summed E-state index contributed by atoms with van der Waals surface area (Å²) in [6.07, 6.45) is 2.10. The maximum atomic E-state index is 12.7. The second-order valence-electron chi connectivity index (χ2n) is 6.92. The minimum absolute atomic E-state index is 0.0795. The van der Waals surface area contributed by atoms with Gasteiger partial charge in [0.1, 0.15) is 6.04 Å². The Morgan fingerprint density at radius 2 is 1.89 bits per heavy atom. The Kier molecular flexibility index (Phi) is 8.35. The smallest absolute Gasteiger partial charge is 0.326 e. The van der Waals surface area contributed by atoms with Gasteiger partial charge < -0.3 is 15.3 Å². The van der Waals surface area contributed by atoms with Crippen molar-refractivity contribution in [2.24, 2.45) is 5.92 Å². The number of carboxylic acids is 1. The van der Waals surface area contributed by atoms with Crippen LogP contribution < -0.4 is 10.2 Å². The summed E-state index contributed by atoms with van der Waals surface area (Å²) in [7, 11) is 0. The quantitative estimate of drug-likeness (QED) is 0.584. The summed E-state index contributed by atoms with van der Waals surface area (Å²) in [4.78, 5) is 38.5. The largest absolute Gasteiger partial charge is 0.480 e. The molecule has 2 unspecified atom stereocenters. The number of aliphatic carboxylic acids is 1. The molecule has 1 saturated heterocycles. The monoisotopic (exact) mass is 406 g/mol. The van der Waals surface area contributed by atoms with Crippen molar-refractivity contribution in [2.45, 2.75) is 52.5 Å². The molecule has 2 amide bonds. The van der Waals surface area contributed by atoms with Crippen molar-refractivity contribution in [1.29, 1.82) is 0 Å². The van der Waals surface area contributed by atoms with Crippen molar-refractivity contribution in [3.8, 4) is 0 Å². The molecule has 7 heteroatoms. The zero-order valence-electron chi connectivity index (χ0n) is 16.9. The number of nitrogens with one attached hydrogen (secondary N) is 1. The van der Waals surface area contributed by atoms with E-state index in [0.717, 1.165) is 35.4 Å². The molecule has 1 aromatic carbocycles. The van der Waals surface area contributed by atoms with Gasteiger partial charge in [0.05, 0.1) is 5.92 Å². The van der Waals surface area contributed by atoms with E-state index in [1.807, 2.05) is 25.1 Å². The predicted molar refractivity (Wildman–Crippen MR) is 113 cm³/mol. The Hall–Kier alpha value is -2.02. The highest BCUT2D eigenvalue weighted by atomic mass is 32.2. The van der Waals surface area contributed by atoms with Gasteiger partial charge in [-0.3, -0.25) is 9.59 Å². The van der Waals surface area contributed by atoms with Crippen LogP contribution in [0.1, 0.15) is 44.7 Å². The summed E-state index contributed by atoms with van der Waals surface area (Å²) in [5.41, 5.74) is 3.10. The van der Waals surface area contributed by atoms with Gasteiger partial charge in [0.15, 0.2) is 0 Å². The number of nitrogens with zero attached hydrogens (tertiary/aromatic N) is 1. The normalized spacial score (nSPS) is 17.6. The van der Waals surface area contributed by atoms with Crippen molar-refractivity contribution < 1.29 is 19.5 Å². The Morgan fingerprint density at radius 3 is 2.43 bits per heavy atom. The van der Waals surface area contributed by atoms with Crippen LogP contribution in [0.2, 0.25) is 0 Å². The van der Waals surface area contributed by atoms with E-state index in [2.05, 4.69) is 19.2 Å². The molecule has 6 nitrogen and oxygen atoms in total. The van der Waals surface area contributed by atoms with Crippen LogP contribution in [-0.2, 0) is 27.2 Å². The number of anilines is 1. The first-order chi connectivity index (χ1) is 13.4. The first-order valence-corrected chi connectivity index (χ1v) is 11.1. The summed E-state index contributed by atoms with van der Waals surface area (Å²) < 4.78 is 0. The lowest BCUT2D eigenvalue weighted by atomic mass is 10.0. The summed E-state index contributed by atoms with van der Waals surface area (Å²) in [6, 6.07) is 5.12. The Balaban J connectivity index is 2.12. The molecule has 1 aliphatic rings. The first-order valence-electron chi connectivity index (χ1n) is 9.94. The number of hydrogen-bond acceptors (Lipinski definition) is 4. The fourth-order valence-corrected chi connectivity index (χ4v) is 4.24. The minimum atomic E-state index is -1.03. The molecule has 1 heterocycles.